The maximum Gasteiger partial charge on any atom is 0.198 e. The molecule has 0 aliphatic rings. The SMILES string of the molecule is COCc1nc(-c2nccn2C)nc(N)c1Br. The molecule has 0 atom stereocenters. The zero-order valence-corrected chi connectivity index (χ0v) is 11.1. The van der Waals surface area contributed by atoms with Crippen LogP contribution in [0.4, 0.5) is 5.82 Å². The lowest BCUT2D eigenvalue weighted by atomic mass is 10.4. The average molecular weight is 298 g/mol. The highest BCUT2D eigenvalue weighted by atomic mass is 79.9. The van der Waals surface area contributed by atoms with Gasteiger partial charge in [0.15, 0.2) is 11.6 Å². The van der Waals surface area contributed by atoms with E-state index in [0.717, 1.165) is 0 Å². The quantitative estimate of drug-likeness (QED) is 0.925. The number of nitrogens with two attached hydrogens (primary N) is 1. The Bertz CT molecular complexity index is 539. The number of nitrogens with zero attached hydrogens (tertiary/aromatic N) is 4. The Morgan fingerprint density at radius 3 is 2.82 bits per heavy atom. The van der Waals surface area contributed by atoms with Crippen LogP contribution < -0.4 is 5.73 Å². The maximum absolute atomic E-state index is 5.82. The molecule has 0 bridgehead atoms. The number of rotatable bonds is 3. The number of ether oxygens (including phenoxy) is 1. The first-order valence-electron chi connectivity index (χ1n) is 4.92. The standard InChI is InChI=1S/C10H12BrN5O/c1-16-4-3-13-10(16)9-14-6(5-17-2)7(11)8(12)15-9/h3-4H,5H2,1-2H3,(H2,12,14,15). The van der Waals surface area contributed by atoms with Crippen LogP contribution in [0.3, 0.4) is 0 Å². The highest BCUT2D eigenvalue weighted by molar-refractivity contribution is 9.10. The molecule has 0 saturated heterocycles. The number of nitrogen functional groups attached to an aromatic ring is 1. The molecule has 0 aliphatic heterocycles. The minimum atomic E-state index is 0.366. The van der Waals surface area contributed by atoms with Crippen LogP contribution in [0.25, 0.3) is 11.6 Å². The lowest BCUT2D eigenvalue weighted by Crippen LogP contribution is -2.06. The van der Waals surface area contributed by atoms with Crippen LogP contribution in [0, 0.1) is 0 Å². The zero-order chi connectivity index (χ0) is 12.4. The summed E-state index contributed by atoms with van der Waals surface area (Å²) in [6.45, 7) is 0.366. The van der Waals surface area contributed by atoms with Crippen LogP contribution in [-0.2, 0) is 18.4 Å². The van der Waals surface area contributed by atoms with E-state index in [2.05, 4.69) is 30.9 Å². The molecule has 2 heterocycles. The number of anilines is 1. The normalized spacial score (nSPS) is 10.8. The van der Waals surface area contributed by atoms with Gasteiger partial charge in [-0.1, -0.05) is 0 Å². The van der Waals surface area contributed by atoms with Crippen molar-refractivity contribution < 1.29 is 4.74 Å². The Kier molecular flexibility index (Phi) is 3.39. The molecule has 2 aromatic rings. The monoisotopic (exact) mass is 297 g/mol. The molecule has 0 spiro atoms. The molecule has 0 aromatic carbocycles. The molecule has 0 saturated carbocycles. The largest absolute Gasteiger partial charge is 0.383 e. The van der Waals surface area contributed by atoms with E-state index < -0.39 is 0 Å². The topological polar surface area (TPSA) is 78.9 Å². The molecule has 0 unspecified atom stereocenters. The van der Waals surface area contributed by atoms with Crippen molar-refractivity contribution in [2.24, 2.45) is 7.05 Å². The van der Waals surface area contributed by atoms with Crippen molar-refractivity contribution in [2.75, 3.05) is 12.8 Å². The molecule has 7 heteroatoms. The fourth-order valence-corrected chi connectivity index (χ4v) is 1.72. The summed E-state index contributed by atoms with van der Waals surface area (Å²) in [5.74, 6) is 1.54. The summed E-state index contributed by atoms with van der Waals surface area (Å²) in [5.41, 5.74) is 6.52. The van der Waals surface area contributed by atoms with Crippen LogP contribution in [-0.4, -0.2) is 26.6 Å². The predicted molar refractivity (Wildman–Crippen MR) is 67.1 cm³/mol. The van der Waals surface area contributed by atoms with Crippen molar-refractivity contribution in [3.8, 4) is 11.6 Å². The molecule has 2 aromatic heterocycles. The predicted octanol–water partition coefficient (Wildman–Crippen LogP) is 1.37. The van der Waals surface area contributed by atoms with Gasteiger partial charge in [-0.2, -0.15) is 0 Å². The molecule has 0 aliphatic carbocycles. The van der Waals surface area contributed by atoms with Gasteiger partial charge >= 0.3 is 0 Å². The number of hydrogen-bond donors (Lipinski definition) is 1. The second-order valence-electron chi connectivity index (χ2n) is 3.49. The van der Waals surface area contributed by atoms with Crippen LogP contribution in [0.2, 0.25) is 0 Å². The van der Waals surface area contributed by atoms with Gasteiger partial charge in [0, 0.05) is 26.6 Å². The first kappa shape index (κ1) is 12.0. The lowest BCUT2D eigenvalue weighted by Gasteiger charge is -2.08. The van der Waals surface area contributed by atoms with Crippen molar-refractivity contribution in [2.45, 2.75) is 6.61 Å². The van der Waals surface area contributed by atoms with Crippen LogP contribution >= 0.6 is 15.9 Å². The highest BCUT2D eigenvalue weighted by Crippen LogP contribution is 2.24. The van der Waals surface area contributed by atoms with E-state index in [1.807, 2.05) is 17.8 Å². The molecule has 2 N–H and O–H groups in total. The summed E-state index contributed by atoms with van der Waals surface area (Å²) < 4.78 is 7.56. The lowest BCUT2D eigenvalue weighted by molar-refractivity contribution is 0.181. The van der Waals surface area contributed by atoms with Gasteiger partial charge in [-0.25, -0.2) is 15.0 Å². The van der Waals surface area contributed by atoms with E-state index in [0.29, 0.717) is 34.2 Å². The number of imidazole rings is 1. The highest BCUT2D eigenvalue weighted by Gasteiger charge is 2.13. The van der Waals surface area contributed by atoms with Crippen molar-refractivity contribution >= 4 is 21.7 Å². The van der Waals surface area contributed by atoms with Gasteiger partial charge in [0.25, 0.3) is 0 Å². The van der Waals surface area contributed by atoms with E-state index in [1.54, 1.807) is 13.3 Å². The van der Waals surface area contributed by atoms with Gasteiger partial charge in [-0.05, 0) is 15.9 Å². The minimum absolute atomic E-state index is 0.366. The van der Waals surface area contributed by atoms with Gasteiger partial charge in [0.05, 0.1) is 16.8 Å². The summed E-state index contributed by atoms with van der Waals surface area (Å²) in [5, 5.41) is 0. The molecule has 0 amide bonds. The second kappa shape index (κ2) is 4.80. The number of halogens is 1. The zero-order valence-electron chi connectivity index (χ0n) is 9.51. The Balaban J connectivity index is 2.53. The van der Waals surface area contributed by atoms with Crippen molar-refractivity contribution in [3.63, 3.8) is 0 Å². The van der Waals surface area contributed by atoms with Crippen molar-refractivity contribution in [1.29, 1.82) is 0 Å². The smallest absolute Gasteiger partial charge is 0.198 e. The Labute approximate surface area is 107 Å². The minimum Gasteiger partial charge on any atom is -0.383 e. The van der Waals surface area contributed by atoms with E-state index >= 15 is 0 Å². The average Bonchev–Trinajstić information content (AvgIpc) is 2.71. The third-order valence-corrected chi connectivity index (χ3v) is 3.11. The summed E-state index contributed by atoms with van der Waals surface area (Å²) in [7, 11) is 3.48. The van der Waals surface area contributed by atoms with Gasteiger partial charge in [-0.15, -0.1) is 0 Å². The molecular formula is C10H12BrN5O. The number of aryl methyl sites for hydroxylation is 1. The van der Waals surface area contributed by atoms with Crippen LogP contribution in [0.1, 0.15) is 5.69 Å². The molecule has 0 radical (unpaired) electrons. The van der Waals surface area contributed by atoms with E-state index in [4.69, 9.17) is 10.5 Å². The van der Waals surface area contributed by atoms with E-state index in [9.17, 15) is 0 Å². The third-order valence-electron chi connectivity index (χ3n) is 2.25. The first-order valence-corrected chi connectivity index (χ1v) is 5.71. The van der Waals surface area contributed by atoms with Gasteiger partial charge in [0.1, 0.15) is 5.82 Å². The number of methoxy groups -OCH3 is 1. The number of aromatic nitrogens is 4. The molecule has 17 heavy (non-hydrogen) atoms. The molecule has 6 nitrogen and oxygen atoms in total. The Morgan fingerprint density at radius 2 is 2.24 bits per heavy atom. The maximum atomic E-state index is 5.82. The fourth-order valence-electron chi connectivity index (χ4n) is 1.43. The summed E-state index contributed by atoms with van der Waals surface area (Å²) in [4.78, 5) is 12.8. The second-order valence-corrected chi connectivity index (χ2v) is 4.28. The van der Waals surface area contributed by atoms with Crippen LogP contribution in [0.15, 0.2) is 16.9 Å². The summed E-state index contributed by atoms with van der Waals surface area (Å²) in [6, 6.07) is 0. The van der Waals surface area contributed by atoms with Crippen LogP contribution in [0.5, 0.6) is 0 Å². The molecule has 0 fully saturated rings. The summed E-state index contributed by atoms with van der Waals surface area (Å²) >= 11 is 3.34. The molecular weight excluding hydrogens is 286 g/mol. The fraction of sp³-hybridized carbons (Fsp3) is 0.300. The van der Waals surface area contributed by atoms with E-state index in [1.165, 1.54) is 0 Å². The first-order chi connectivity index (χ1) is 8.13. The third kappa shape index (κ3) is 2.29. The number of hydrogen-bond acceptors (Lipinski definition) is 5. The Hall–Kier alpha value is -1.47. The molecule has 2 rings (SSSR count). The molecule has 90 valence electrons. The van der Waals surface area contributed by atoms with Gasteiger partial charge in [-0.3, -0.25) is 0 Å². The van der Waals surface area contributed by atoms with Crippen molar-refractivity contribution in [3.05, 3.63) is 22.6 Å². The van der Waals surface area contributed by atoms with Gasteiger partial charge in [0.2, 0.25) is 0 Å². The Morgan fingerprint density at radius 1 is 1.47 bits per heavy atom. The van der Waals surface area contributed by atoms with Gasteiger partial charge < -0.3 is 15.0 Å². The van der Waals surface area contributed by atoms with Crippen molar-refractivity contribution in [1.82, 2.24) is 19.5 Å². The summed E-state index contributed by atoms with van der Waals surface area (Å²) in [6.07, 6.45) is 3.51. The van der Waals surface area contributed by atoms with E-state index in [-0.39, 0.29) is 0 Å².